The lowest BCUT2D eigenvalue weighted by Crippen LogP contribution is -2.39. The summed E-state index contributed by atoms with van der Waals surface area (Å²) in [5, 5.41) is 0. The zero-order valence-electron chi connectivity index (χ0n) is 16.2. The van der Waals surface area contributed by atoms with Gasteiger partial charge in [-0.1, -0.05) is 0 Å². The first-order valence-corrected chi connectivity index (χ1v) is 11.1. The summed E-state index contributed by atoms with van der Waals surface area (Å²) in [6, 6.07) is 5.01. The van der Waals surface area contributed by atoms with Crippen LogP contribution in [0, 0.1) is 12.7 Å². The molecule has 8 heteroatoms. The Morgan fingerprint density at radius 2 is 1.86 bits per heavy atom. The standard InChI is InChI=1S/C20H25FN4O2S/c1-14-18-6-4-11-24(2)20(18)23-19(22-14)15-5-3-12-25(13-15)28(26,27)17-9-7-16(21)8-10-17/h7-10,15H,3-6,11-13H2,1-2H3/t15-/m1/s1. The molecule has 4 rings (SSSR count). The van der Waals surface area contributed by atoms with E-state index in [0.717, 1.165) is 49.6 Å². The predicted molar refractivity (Wildman–Crippen MR) is 105 cm³/mol. The van der Waals surface area contributed by atoms with Gasteiger partial charge in [0.05, 0.1) is 4.90 Å². The van der Waals surface area contributed by atoms with Crippen molar-refractivity contribution in [1.82, 2.24) is 14.3 Å². The molecule has 0 amide bonds. The molecule has 0 spiro atoms. The normalized spacial score (nSPS) is 20.8. The van der Waals surface area contributed by atoms with Crippen molar-refractivity contribution < 1.29 is 12.8 Å². The molecule has 1 saturated heterocycles. The Morgan fingerprint density at radius 3 is 2.61 bits per heavy atom. The van der Waals surface area contributed by atoms with E-state index in [1.54, 1.807) is 0 Å². The Balaban J connectivity index is 1.62. The average Bonchev–Trinajstić information content (AvgIpc) is 2.69. The van der Waals surface area contributed by atoms with Gasteiger partial charge in [0, 0.05) is 43.9 Å². The van der Waals surface area contributed by atoms with Gasteiger partial charge in [-0.15, -0.1) is 0 Å². The summed E-state index contributed by atoms with van der Waals surface area (Å²) in [4.78, 5) is 11.8. The van der Waals surface area contributed by atoms with E-state index in [0.29, 0.717) is 13.1 Å². The highest BCUT2D eigenvalue weighted by Gasteiger charge is 2.33. The van der Waals surface area contributed by atoms with Gasteiger partial charge in [0.2, 0.25) is 10.0 Å². The Hall–Kier alpha value is -2.06. The van der Waals surface area contributed by atoms with Gasteiger partial charge in [-0.05, 0) is 56.9 Å². The van der Waals surface area contributed by atoms with Crippen LogP contribution >= 0.6 is 0 Å². The fourth-order valence-electron chi connectivity index (χ4n) is 4.12. The Morgan fingerprint density at radius 1 is 1.11 bits per heavy atom. The minimum atomic E-state index is -3.66. The van der Waals surface area contributed by atoms with E-state index >= 15 is 0 Å². The number of aryl methyl sites for hydroxylation is 1. The number of rotatable bonds is 3. The number of aromatic nitrogens is 2. The van der Waals surface area contributed by atoms with Crippen molar-refractivity contribution >= 4 is 15.8 Å². The molecule has 2 aliphatic heterocycles. The van der Waals surface area contributed by atoms with Crippen LogP contribution in [0.1, 0.15) is 42.3 Å². The molecule has 150 valence electrons. The maximum Gasteiger partial charge on any atom is 0.243 e. The van der Waals surface area contributed by atoms with E-state index in [-0.39, 0.29) is 10.8 Å². The summed E-state index contributed by atoms with van der Waals surface area (Å²) >= 11 is 0. The van der Waals surface area contributed by atoms with Crippen molar-refractivity contribution in [2.24, 2.45) is 0 Å². The highest BCUT2D eigenvalue weighted by molar-refractivity contribution is 7.89. The molecule has 6 nitrogen and oxygen atoms in total. The van der Waals surface area contributed by atoms with Gasteiger partial charge in [-0.3, -0.25) is 0 Å². The van der Waals surface area contributed by atoms with Crippen molar-refractivity contribution in [3.63, 3.8) is 0 Å². The van der Waals surface area contributed by atoms with Crippen LogP contribution in [0.5, 0.6) is 0 Å². The molecule has 3 heterocycles. The van der Waals surface area contributed by atoms with Crippen LogP contribution in [0.3, 0.4) is 0 Å². The summed E-state index contributed by atoms with van der Waals surface area (Å²) in [6.45, 7) is 3.79. The van der Waals surface area contributed by atoms with Crippen LogP contribution in [0.2, 0.25) is 0 Å². The van der Waals surface area contributed by atoms with E-state index in [4.69, 9.17) is 9.97 Å². The molecule has 2 aromatic rings. The third kappa shape index (κ3) is 3.51. The Kier molecular flexibility index (Phi) is 5.09. The van der Waals surface area contributed by atoms with Crippen LogP contribution in [-0.2, 0) is 16.4 Å². The fourth-order valence-corrected chi connectivity index (χ4v) is 5.64. The number of halogens is 1. The smallest absolute Gasteiger partial charge is 0.243 e. The maximum atomic E-state index is 13.2. The predicted octanol–water partition coefficient (Wildman–Crippen LogP) is 2.87. The lowest BCUT2D eigenvalue weighted by atomic mass is 9.97. The molecule has 0 saturated carbocycles. The SMILES string of the molecule is Cc1nc([C@@H]2CCCN(S(=O)(=O)c3ccc(F)cc3)C2)nc2c1CCCN2C. The zero-order valence-corrected chi connectivity index (χ0v) is 17.0. The number of piperidine rings is 1. The quantitative estimate of drug-likeness (QED) is 0.787. The summed E-state index contributed by atoms with van der Waals surface area (Å²) in [6.07, 6.45) is 3.69. The molecule has 1 aromatic carbocycles. The van der Waals surface area contributed by atoms with Crippen molar-refractivity contribution in [2.45, 2.75) is 43.4 Å². The number of sulfonamides is 1. The molecule has 28 heavy (non-hydrogen) atoms. The van der Waals surface area contributed by atoms with Gasteiger partial charge in [0.15, 0.2) is 0 Å². The zero-order chi connectivity index (χ0) is 19.9. The molecule has 1 aromatic heterocycles. The number of nitrogens with zero attached hydrogens (tertiary/aromatic N) is 4. The van der Waals surface area contributed by atoms with Gasteiger partial charge in [-0.2, -0.15) is 4.31 Å². The van der Waals surface area contributed by atoms with Gasteiger partial charge in [0.25, 0.3) is 0 Å². The van der Waals surface area contributed by atoms with E-state index in [1.165, 1.54) is 34.1 Å². The van der Waals surface area contributed by atoms with Crippen LogP contribution < -0.4 is 4.90 Å². The third-order valence-electron chi connectivity index (χ3n) is 5.69. The monoisotopic (exact) mass is 404 g/mol. The molecule has 1 atom stereocenters. The van der Waals surface area contributed by atoms with Gasteiger partial charge in [0.1, 0.15) is 17.5 Å². The van der Waals surface area contributed by atoms with Gasteiger partial charge in [-0.25, -0.2) is 22.8 Å². The van der Waals surface area contributed by atoms with Crippen LogP contribution in [0.25, 0.3) is 0 Å². The lowest BCUT2D eigenvalue weighted by Gasteiger charge is -2.33. The first-order valence-electron chi connectivity index (χ1n) is 9.70. The Labute approximate surface area is 165 Å². The number of hydrogen-bond donors (Lipinski definition) is 0. The molecule has 2 aliphatic rings. The van der Waals surface area contributed by atoms with Crippen molar-refractivity contribution in [3.05, 3.63) is 47.2 Å². The second-order valence-electron chi connectivity index (χ2n) is 7.65. The van der Waals surface area contributed by atoms with Crippen LogP contribution in [0.4, 0.5) is 10.2 Å². The van der Waals surface area contributed by atoms with Crippen LogP contribution in [0.15, 0.2) is 29.2 Å². The van der Waals surface area contributed by atoms with E-state index in [2.05, 4.69) is 4.90 Å². The first-order chi connectivity index (χ1) is 13.4. The largest absolute Gasteiger partial charge is 0.359 e. The molecule has 0 N–H and O–H groups in total. The van der Waals surface area contributed by atoms with Gasteiger partial charge < -0.3 is 4.90 Å². The summed E-state index contributed by atoms with van der Waals surface area (Å²) in [5.74, 6) is 1.22. The third-order valence-corrected chi connectivity index (χ3v) is 7.57. The number of fused-ring (bicyclic) bond motifs is 1. The van der Waals surface area contributed by atoms with Crippen molar-refractivity contribution in [1.29, 1.82) is 0 Å². The molecular formula is C20H25FN4O2S. The topological polar surface area (TPSA) is 66.4 Å². The lowest BCUT2D eigenvalue weighted by molar-refractivity contribution is 0.308. The van der Waals surface area contributed by atoms with E-state index < -0.39 is 15.8 Å². The van der Waals surface area contributed by atoms with Crippen LogP contribution in [-0.4, -0.2) is 49.4 Å². The minimum absolute atomic E-state index is 0.0386. The number of anilines is 1. The molecular weight excluding hydrogens is 379 g/mol. The second-order valence-corrected chi connectivity index (χ2v) is 9.59. The molecule has 0 radical (unpaired) electrons. The Bertz CT molecular complexity index is 978. The number of hydrogen-bond acceptors (Lipinski definition) is 5. The average molecular weight is 405 g/mol. The number of benzene rings is 1. The first kappa shape index (κ1) is 19.3. The maximum absolute atomic E-state index is 13.2. The summed E-state index contributed by atoms with van der Waals surface area (Å²) < 4.78 is 40.6. The summed E-state index contributed by atoms with van der Waals surface area (Å²) in [7, 11) is -1.62. The molecule has 0 unspecified atom stereocenters. The molecule has 0 aliphatic carbocycles. The van der Waals surface area contributed by atoms with E-state index in [1.807, 2.05) is 14.0 Å². The van der Waals surface area contributed by atoms with Crippen molar-refractivity contribution in [2.75, 3.05) is 31.6 Å². The highest BCUT2D eigenvalue weighted by atomic mass is 32.2. The van der Waals surface area contributed by atoms with E-state index in [9.17, 15) is 12.8 Å². The molecule has 1 fully saturated rings. The van der Waals surface area contributed by atoms with Crippen molar-refractivity contribution in [3.8, 4) is 0 Å². The minimum Gasteiger partial charge on any atom is -0.359 e. The fraction of sp³-hybridized carbons (Fsp3) is 0.500. The summed E-state index contributed by atoms with van der Waals surface area (Å²) in [5.41, 5.74) is 2.19. The second kappa shape index (κ2) is 7.40. The van der Waals surface area contributed by atoms with Gasteiger partial charge >= 0.3 is 0 Å². The molecule has 0 bridgehead atoms. The highest BCUT2D eigenvalue weighted by Crippen LogP contribution is 2.32.